The van der Waals surface area contributed by atoms with Crippen LogP contribution in [0.15, 0.2) is 36.4 Å². The van der Waals surface area contributed by atoms with Crippen LogP contribution in [0.5, 0.6) is 5.75 Å². The maximum atomic E-state index is 14.0. The van der Waals surface area contributed by atoms with Gasteiger partial charge in [-0.25, -0.2) is 4.39 Å². The molecule has 0 aliphatic heterocycles. The van der Waals surface area contributed by atoms with E-state index in [-0.39, 0.29) is 11.9 Å². The highest BCUT2D eigenvalue weighted by Crippen LogP contribution is 2.32. The maximum Gasteiger partial charge on any atom is 0.132 e. The summed E-state index contributed by atoms with van der Waals surface area (Å²) < 4.78 is 19.2. The van der Waals surface area contributed by atoms with Gasteiger partial charge in [-0.15, -0.1) is 0 Å². The lowest BCUT2D eigenvalue weighted by Gasteiger charge is -2.20. The summed E-state index contributed by atoms with van der Waals surface area (Å²) in [4.78, 5) is 0. The van der Waals surface area contributed by atoms with Crippen LogP contribution < -0.4 is 10.1 Å². The predicted octanol–water partition coefficient (Wildman–Crippen LogP) is 4.53. The first kappa shape index (κ1) is 15.1. The molecule has 5 heteroatoms. The van der Waals surface area contributed by atoms with Crippen molar-refractivity contribution < 1.29 is 9.13 Å². The summed E-state index contributed by atoms with van der Waals surface area (Å²) >= 11 is 6.10. The molecule has 2 aromatic carbocycles. The van der Waals surface area contributed by atoms with Crippen LogP contribution >= 0.6 is 11.6 Å². The van der Waals surface area contributed by atoms with Gasteiger partial charge in [0.15, 0.2) is 0 Å². The average Bonchev–Trinajstić information content (AvgIpc) is 2.48. The van der Waals surface area contributed by atoms with Gasteiger partial charge in [0.2, 0.25) is 0 Å². The number of hydrogen-bond acceptors (Lipinski definition) is 3. The largest absolute Gasteiger partial charge is 0.496 e. The molecular formula is C16H14ClFN2O. The molecule has 2 rings (SSSR count). The van der Waals surface area contributed by atoms with Gasteiger partial charge in [0.25, 0.3) is 0 Å². The van der Waals surface area contributed by atoms with E-state index in [0.29, 0.717) is 27.6 Å². The van der Waals surface area contributed by atoms with Gasteiger partial charge in [-0.1, -0.05) is 17.7 Å². The van der Waals surface area contributed by atoms with Crippen LogP contribution in [0.2, 0.25) is 5.02 Å². The number of benzene rings is 2. The van der Waals surface area contributed by atoms with E-state index in [1.165, 1.54) is 13.2 Å². The molecule has 2 aromatic rings. The fourth-order valence-electron chi connectivity index (χ4n) is 2.13. The van der Waals surface area contributed by atoms with Crippen molar-refractivity contribution in [2.45, 2.75) is 13.0 Å². The number of rotatable bonds is 4. The third kappa shape index (κ3) is 3.26. The van der Waals surface area contributed by atoms with Crippen molar-refractivity contribution in [1.29, 1.82) is 5.26 Å². The fourth-order valence-corrected chi connectivity index (χ4v) is 2.30. The molecule has 0 saturated carbocycles. The van der Waals surface area contributed by atoms with Crippen LogP contribution in [0.4, 0.5) is 10.1 Å². The van der Waals surface area contributed by atoms with E-state index >= 15 is 0 Å². The number of methoxy groups -OCH3 is 1. The van der Waals surface area contributed by atoms with Crippen LogP contribution in [0, 0.1) is 17.1 Å². The van der Waals surface area contributed by atoms with Crippen LogP contribution in [-0.4, -0.2) is 7.11 Å². The first-order valence-corrected chi connectivity index (χ1v) is 6.73. The summed E-state index contributed by atoms with van der Waals surface area (Å²) in [6, 6.07) is 11.2. The Kier molecular flexibility index (Phi) is 4.66. The summed E-state index contributed by atoms with van der Waals surface area (Å²) in [7, 11) is 1.49. The molecule has 21 heavy (non-hydrogen) atoms. The topological polar surface area (TPSA) is 45.0 Å². The van der Waals surface area contributed by atoms with Gasteiger partial charge in [0, 0.05) is 0 Å². The Hall–Kier alpha value is -2.25. The van der Waals surface area contributed by atoms with Gasteiger partial charge in [-0.2, -0.15) is 5.26 Å². The van der Waals surface area contributed by atoms with Crippen LogP contribution in [0.3, 0.4) is 0 Å². The number of ether oxygens (including phenoxy) is 1. The Morgan fingerprint density at radius 1 is 1.33 bits per heavy atom. The Morgan fingerprint density at radius 2 is 2.10 bits per heavy atom. The SMILES string of the molecule is COc1cccc(F)c1C(C)Nc1cc(C#N)ccc1Cl. The minimum atomic E-state index is -0.368. The molecule has 0 aliphatic rings. The highest BCUT2D eigenvalue weighted by molar-refractivity contribution is 6.33. The van der Waals surface area contributed by atoms with Crippen molar-refractivity contribution in [1.82, 2.24) is 0 Å². The van der Waals surface area contributed by atoms with Crippen molar-refractivity contribution in [2.75, 3.05) is 12.4 Å². The quantitative estimate of drug-likeness (QED) is 0.902. The van der Waals surface area contributed by atoms with Crippen molar-refractivity contribution in [3.8, 4) is 11.8 Å². The molecule has 0 saturated heterocycles. The number of hydrogen-bond donors (Lipinski definition) is 1. The molecule has 0 fully saturated rings. The number of nitriles is 1. The van der Waals surface area contributed by atoms with Crippen molar-refractivity contribution >= 4 is 17.3 Å². The molecule has 0 aliphatic carbocycles. The van der Waals surface area contributed by atoms with E-state index in [4.69, 9.17) is 21.6 Å². The van der Waals surface area contributed by atoms with Gasteiger partial charge >= 0.3 is 0 Å². The van der Waals surface area contributed by atoms with Gasteiger partial charge < -0.3 is 10.1 Å². The van der Waals surface area contributed by atoms with Crippen molar-refractivity contribution in [3.05, 3.63) is 58.4 Å². The smallest absolute Gasteiger partial charge is 0.132 e. The van der Waals surface area contributed by atoms with E-state index in [1.54, 1.807) is 37.3 Å². The minimum Gasteiger partial charge on any atom is -0.496 e. The minimum absolute atomic E-state index is 0.359. The van der Waals surface area contributed by atoms with Gasteiger partial charge in [-0.3, -0.25) is 0 Å². The third-order valence-electron chi connectivity index (χ3n) is 3.13. The van der Waals surface area contributed by atoms with E-state index in [0.717, 1.165) is 0 Å². The first-order chi connectivity index (χ1) is 10.1. The zero-order valence-corrected chi connectivity index (χ0v) is 12.4. The van der Waals surface area contributed by atoms with Gasteiger partial charge in [0.1, 0.15) is 11.6 Å². The van der Waals surface area contributed by atoms with Crippen molar-refractivity contribution in [3.63, 3.8) is 0 Å². The molecule has 0 amide bonds. The van der Waals surface area contributed by atoms with Crippen LogP contribution in [0.25, 0.3) is 0 Å². The summed E-state index contributed by atoms with van der Waals surface area (Å²) in [5, 5.41) is 12.5. The number of halogens is 2. The van der Waals surface area contributed by atoms with Crippen LogP contribution in [0.1, 0.15) is 24.1 Å². The maximum absolute atomic E-state index is 14.0. The highest BCUT2D eigenvalue weighted by atomic mass is 35.5. The second-order valence-electron chi connectivity index (χ2n) is 4.53. The number of nitrogens with zero attached hydrogens (tertiary/aromatic N) is 1. The fraction of sp³-hybridized carbons (Fsp3) is 0.188. The molecule has 0 radical (unpaired) electrons. The second kappa shape index (κ2) is 6.47. The summed E-state index contributed by atoms with van der Waals surface area (Å²) in [6.45, 7) is 1.80. The van der Waals surface area contributed by atoms with E-state index < -0.39 is 0 Å². The van der Waals surface area contributed by atoms with Crippen molar-refractivity contribution in [2.24, 2.45) is 0 Å². The molecule has 1 unspecified atom stereocenters. The lowest BCUT2D eigenvalue weighted by atomic mass is 10.1. The Morgan fingerprint density at radius 3 is 2.76 bits per heavy atom. The van der Waals surface area contributed by atoms with E-state index in [1.807, 2.05) is 6.07 Å². The zero-order chi connectivity index (χ0) is 15.4. The number of anilines is 1. The predicted molar refractivity (Wildman–Crippen MR) is 81.2 cm³/mol. The highest BCUT2D eigenvalue weighted by Gasteiger charge is 2.17. The normalized spacial score (nSPS) is 11.6. The van der Waals surface area contributed by atoms with Gasteiger partial charge in [0.05, 0.1) is 41.1 Å². The molecule has 0 spiro atoms. The molecule has 0 bridgehead atoms. The van der Waals surface area contributed by atoms with Gasteiger partial charge in [-0.05, 0) is 37.3 Å². The standard InChI is InChI=1S/C16H14ClFN2O/c1-10(16-13(18)4-3-5-15(16)21-2)20-14-8-11(9-19)6-7-12(14)17/h3-8,10,20H,1-2H3. The Labute approximate surface area is 127 Å². The molecule has 0 aromatic heterocycles. The summed E-state index contributed by atoms with van der Waals surface area (Å²) in [5.41, 5.74) is 1.47. The van der Waals surface area contributed by atoms with E-state index in [9.17, 15) is 4.39 Å². The molecular weight excluding hydrogens is 291 g/mol. The van der Waals surface area contributed by atoms with E-state index in [2.05, 4.69) is 5.32 Å². The lowest BCUT2D eigenvalue weighted by molar-refractivity contribution is 0.402. The summed E-state index contributed by atoms with van der Waals surface area (Å²) in [5.74, 6) is 0.101. The summed E-state index contributed by atoms with van der Waals surface area (Å²) in [6.07, 6.45) is 0. The Bertz CT molecular complexity index is 697. The second-order valence-corrected chi connectivity index (χ2v) is 4.94. The molecule has 108 valence electrons. The lowest BCUT2D eigenvalue weighted by Crippen LogP contribution is -2.10. The molecule has 1 atom stereocenters. The zero-order valence-electron chi connectivity index (χ0n) is 11.7. The Balaban J connectivity index is 2.35. The molecule has 1 N–H and O–H groups in total. The molecule has 0 heterocycles. The van der Waals surface area contributed by atoms with Crippen LogP contribution in [-0.2, 0) is 0 Å². The monoisotopic (exact) mass is 304 g/mol. The third-order valence-corrected chi connectivity index (χ3v) is 3.46. The average molecular weight is 305 g/mol. The molecule has 3 nitrogen and oxygen atoms in total. The number of nitrogens with one attached hydrogen (secondary N) is 1. The first-order valence-electron chi connectivity index (χ1n) is 6.35.